The lowest BCUT2D eigenvalue weighted by molar-refractivity contribution is 0.122. The highest BCUT2D eigenvalue weighted by Gasteiger charge is 2.10. The lowest BCUT2D eigenvalue weighted by Crippen LogP contribution is -2.36. The third-order valence-corrected chi connectivity index (χ3v) is 3.92. The van der Waals surface area contributed by atoms with Crippen LogP contribution in [0.3, 0.4) is 0 Å². The van der Waals surface area contributed by atoms with Crippen LogP contribution in [0.5, 0.6) is 0 Å². The summed E-state index contributed by atoms with van der Waals surface area (Å²) in [6, 6.07) is 11.0. The quantitative estimate of drug-likeness (QED) is 0.806. The molecule has 1 aliphatic heterocycles. The molecule has 0 atom stereocenters. The van der Waals surface area contributed by atoms with Crippen LogP contribution in [0, 0.1) is 0 Å². The van der Waals surface area contributed by atoms with Gasteiger partial charge in [-0.3, -0.25) is 4.99 Å². The summed E-state index contributed by atoms with van der Waals surface area (Å²) in [4.78, 5) is 6.90. The van der Waals surface area contributed by atoms with Gasteiger partial charge in [-0.1, -0.05) is 0 Å². The molecule has 22 heavy (non-hydrogen) atoms. The molecule has 2 heterocycles. The summed E-state index contributed by atoms with van der Waals surface area (Å²) in [6.07, 6.45) is 6.13. The van der Waals surface area contributed by atoms with Gasteiger partial charge in [0.2, 0.25) is 0 Å². The normalized spacial score (nSPS) is 15.9. The van der Waals surface area contributed by atoms with Gasteiger partial charge in [0.25, 0.3) is 0 Å². The van der Waals surface area contributed by atoms with E-state index in [9.17, 15) is 0 Å². The molecule has 0 aliphatic carbocycles. The highest BCUT2D eigenvalue weighted by atomic mass is 16.5. The molecule has 0 radical (unpaired) electrons. The van der Waals surface area contributed by atoms with Gasteiger partial charge in [-0.15, -0.1) is 0 Å². The molecule has 1 aromatic carbocycles. The average Bonchev–Trinajstić information content (AvgIpc) is 3.04. The molecule has 0 amide bonds. The molecule has 1 aromatic heterocycles. The van der Waals surface area contributed by atoms with Crippen LogP contribution >= 0.6 is 0 Å². The summed E-state index contributed by atoms with van der Waals surface area (Å²) in [5, 5.41) is 0. The van der Waals surface area contributed by atoms with Gasteiger partial charge in [-0.25, -0.2) is 0 Å². The van der Waals surface area contributed by atoms with Gasteiger partial charge >= 0.3 is 0 Å². The maximum atomic E-state index is 5.38. The SMILES string of the molecule is CC(C)n1ccc(C=Nc2ccc(N3CCOCC3)cc2)c1. The zero-order valence-corrected chi connectivity index (χ0v) is 13.3. The molecule has 0 saturated carbocycles. The van der Waals surface area contributed by atoms with E-state index < -0.39 is 0 Å². The van der Waals surface area contributed by atoms with Gasteiger partial charge in [-0.05, 0) is 44.2 Å². The number of hydrogen-bond acceptors (Lipinski definition) is 3. The summed E-state index contributed by atoms with van der Waals surface area (Å²) >= 11 is 0. The molecule has 0 N–H and O–H groups in total. The largest absolute Gasteiger partial charge is 0.378 e. The molecule has 4 nitrogen and oxygen atoms in total. The first kappa shape index (κ1) is 14.9. The molecular weight excluding hydrogens is 274 g/mol. The Labute approximate surface area is 132 Å². The monoisotopic (exact) mass is 297 g/mol. The zero-order valence-electron chi connectivity index (χ0n) is 13.3. The fourth-order valence-corrected chi connectivity index (χ4v) is 2.55. The summed E-state index contributed by atoms with van der Waals surface area (Å²) < 4.78 is 7.57. The smallest absolute Gasteiger partial charge is 0.0642 e. The summed E-state index contributed by atoms with van der Waals surface area (Å²) in [5.41, 5.74) is 3.36. The first-order valence-electron chi connectivity index (χ1n) is 7.87. The number of ether oxygens (including phenoxy) is 1. The minimum atomic E-state index is 0.481. The Hall–Kier alpha value is -2.07. The van der Waals surface area contributed by atoms with E-state index in [1.54, 1.807) is 0 Å². The van der Waals surface area contributed by atoms with Crippen molar-refractivity contribution < 1.29 is 4.74 Å². The lowest BCUT2D eigenvalue weighted by atomic mass is 10.2. The Morgan fingerprint density at radius 2 is 1.82 bits per heavy atom. The van der Waals surface area contributed by atoms with Crippen LogP contribution in [0.4, 0.5) is 11.4 Å². The molecule has 0 spiro atoms. The molecule has 1 aliphatic rings. The van der Waals surface area contributed by atoms with E-state index in [1.807, 2.05) is 6.21 Å². The van der Waals surface area contributed by atoms with Gasteiger partial charge in [0.05, 0.1) is 18.9 Å². The van der Waals surface area contributed by atoms with E-state index in [0.29, 0.717) is 6.04 Å². The fraction of sp³-hybridized carbons (Fsp3) is 0.389. The van der Waals surface area contributed by atoms with Crippen LogP contribution in [-0.4, -0.2) is 37.1 Å². The van der Waals surface area contributed by atoms with E-state index in [4.69, 9.17) is 4.74 Å². The standard InChI is InChI=1S/C18H23N3O/c1-15(2)21-8-7-16(14-21)13-19-17-3-5-18(6-4-17)20-9-11-22-12-10-20/h3-8,13-15H,9-12H2,1-2H3. The van der Waals surface area contributed by atoms with Gasteiger partial charge in [-0.2, -0.15) is 0 Å². The molecule has 1 fully saturated rings. The summed E-state index contributed by atoms with van der Waals surface area (Å²) in [6.45, 7) is 7.90. The Bertz CT molecular complexity index is 622. The number of morpholine rings is 1. The number of rotatable bonds is 4. The van der Waals surface area contributed by atoms with Crippen molar-refractivity contribution in [2.24, 2.45) is 4.99 Å². The Balaban J connectivity index is 1.65. The maximum absolute atomic E-state index is 5.38. The maximum Gasteiger partial charge on any atom is 0.0642 e. The predicted octanol–water partition coefficient (Wildman–Crippen LogP) is 3.66. The third kappa shape index (κ3) is 3.57. The van der Waals surface area contributed by atoms with Gasteiger partial charge in [0.1, 0.15) is 0 Å². The van der Waals surface area contributed by atoms with Crippen LogP contribution in [-0.2, 0) is 4.74 Å². The molecular formula is C18H23N3O. The van der Waals surface area contributed by atoms with Crippen molar-refractivity contribution in [3.63, 3.8) is 0 Å². The van der Waals surface area contributed by atoms with E-state index in [2.05, 4.69) is 71.0 Å². The first-order valence-corrected chi connectivity index (χ1v) is 7.87. The van der Waals surface area contributed by atoms with Crippen molar-refractivity contribution >= 4 is 17.6 Å². The summed E-state index contributed by atoms with van der Waals surface area (Å²) in [5.74, 6) is 0. The van der Waals surface area contributed by atoms with E-state index in [1.165, 1.54) is 5.69 Å². The average molecular weight is 297 g/mol. The Morgan fingerprint density at radius 3 is 2.45 bits per heavy atom. The number of benzene rings is 1. The van der Waals surface area contributed by atoms with Gasteiger partial charge < -0.3 is 14.2 Å². The molecule has 3 rings (SSSR count). The van der Waals surface area contributed by atoms with Crippen molar-refractivity contribution in [1.82, 2.24) is 4.57 Å². The lowest BCUT2D eigenvalue weighted by Gasteiger charge is -2.28. The number of anilines is 1. The summed E-state index contributed by atoms with van der Waals surface area (Å²) in [7, 11) is 0. The Morgan fingerprint density at radius 1 is 1.09 bits per heavy atom. The molecule has 0 unspecified atom stereocenters. The Kier molecular flexibility index (Phi) is 4.59. The molecule has 0 bridgehead atoms. The van der Waals surface area contributed by atoms with Crippen molar-refractivity contribution in [3.8, 4) is 0 Å². The number of hydrogen-bond donors (Lipinski definition) is 0. The fourth-order valence-electron chi connectivity index (χ4n) is 2.55. The van der Waals surface area contributed by atoms with E-state index in [0.717, 1.165) is 37.6 Å². The van der Waals surface area contributed by atoms with Crippen LogP contribution in [0.2, 0.25) is 0 Å². The number of aliphatic imine (C=N–C) groups is 1. The predicted molar refractivity (Wildman–Crippen MR) is 91.5 cm³/mol. The second-order valence-corrected chi connectivity index (χ2v) is 5.86. The van der Waals surface area contributed by atoms with Gasteiger partial charge in [0, 0.05) is 49.0 Å². The topological polar surface area (TPSA) is 29.8 Å². The molecule has 116 valence electrons. The van der Waals surface area contributed by atoms with Crippen molar-refractivity contribution in [2.75, 3.05) is 31.2 Å². The second-order valence-electron chi connectivity index (χ2n) is 5.86. The molecule has 1 saturated heterocycles. The zero-order chi connectivity index (χ0) is 15.4. The highest BCUT2D eigenvalue weighted by Crippen LogP contribution is 2.20. The second kappa shape index (κ2) is 6.79. The number of aromatic nitrogens is 1. The number of nitrogens with zero attached hydrogens (tertiary/aromatic N) is 3. The highest BCUT2D eigenvalue weighted by molar-refractivity contribution is 5.81. The molecule has 2 aromatic rings. The van der Waals surface area contributed by atoms with Crippen molar-refractivity contribution in [2.45, 2.75) is 19.9 Å². The van der Waals surface area contributed by atoms with Crippen LogP contribution < -0.4 is 4.90 Å². The third-order valence-electron chi connectivity index (χ3n) is 3.92. The van der Waals surface area contributed by atoms with E-state index in [-0.39, 0.29) is 0 Å². The molecule has 4 heteroatoms. The first-order chi connectivity index (χ1) is 10.7. The van der Waals surface area contributed by atoms with Crippen LogP contribution in [0.1, 0.15) is 25.5 Å². The van der Waals surface area contributed by atoms with Crippen LogP contribution in [0.25, 0.3) is 0 Å². The minimum absolute atomic E-state index is 0.481. The van der Waals surface area contributed by atoms with E-state index >= 15 is 0 Å². The van der Waals surface area contributed by atoms with Crippen LogP contribution in [0.15, 0.2) is 47.7 Å². The minimum Gasteiger partial charge on any atom is -0.378 e. The van der Waals surface area contributed by atoms with Crippen molar-refractivity contribution in [1.29, 1.82) is 0 Å². The van der Waals surface area contributed by atoms with Gasteiger partial charge in [0.15, 0.2) is 0 Å². The van der Waals surface area contributed by atoms with Crippen molar-refractivity contribution in [3.05, 3.63) is 48.3 Å².